The molecule has 0 spiro atoms. The molecule has 0 amide bonds. The Hall–Kier alpha value is -3.69. The topological polar surface area (TPSA) is 155 Å². The van der Waals surface area contributed by atoms with Crippen molar-refractivity contribution in [2.45, 2.75) is 0 Å². The molecule has 0 fully saturated rings. The van der Waals surface area contributed by atoms with Crippen LogP contribution in [0.15, 0.2) is 33.9 Å². The van der Waals surface area contributed by atoms with E-state index in [9.17, 15) is 24.5 Å². The molecule has 0 unspecified atom stereocenters. The fourth-order valence-corrected chi connectivity index (χ4v) is 1.83. The molecule has 3 N–H and O–H groups in total. The van der Waals surface area contributed by atoms with Crippen molar-refractivity contribution in [2.24, 2.45) is 0 Å². The molecule has 0 radical (unpaired) electrons. The monoisotopic (exact) mass is 333 g/mol. The van der Waals surface area contributed by atoms with E-state index in [2.05, 4.69) is 4.98 Å². The minimum absolute atomic E-state index is 0.259. The summed E-state index contributed by atoms with van der Waals surface area (Å²) in [7, 11) is 0. The predicted molar refractivity (Wildman–Crippen MR) is 82.8 cm³/mol. The Bertz CT molecular complexity index is 926. The molecule has 10 nitrogen and oxygen atoms in total. The minimum Gasteiger partial charge on any atom is -0.482 e. The summed E-state index contributed by atoms with van der Waals surface area (Å²) < 4.78 is 5.01. The number of aliphatic carboxylic acids is 1. The maximum Gasteiger partial charge on any atom is 0.357 e. The van der Waals surface area contributed by atoms with E-state index < -0.39 is 34.4 Å². The number of hydrogen-bond acceptors (Lipinski definition) is 6. The Kier molecular flexibility index (Phi) is 4.90. The number of aromatic nitrogens is 2. The molecule has 10 heteroatoms. The predicted octanol–water partition coefficient (Wildman–Crippen LogP) is 0.605. The third-order valence-corrected chi connectivity index (χ3v) is 2.79. The zero-order valence-electron chi connectivity index (χ0n) is 12.0. The molecule has 1 aromatic heterocycles. The van der Waals surface area contributed by atoms with Crippen LogP contribution >= 0.6 is 0 Å². The number of nitro groups is 1. The fraction of sp³-hybridized carbons (Fsp3) is 0.0714. The summed E-state index contributed by atoms with van der Waals surface area (Å²) >= 11 is 0. The second kappa shape index (κ2) is 7.05. The molecule has 2 rings (SSSR count). The van der Waals surface area contributed by atoms with Gasteiger partial charge in [-0.3, -0.25) is 19.9 Å². The smallest absolute Gasteiger partial charge is 0.357 e. The largest absolute Gasteiger partial charge is 0.482 e. The molecule has 0 bridgehead atoms. The van der Waals surface area contributed by atoms with Crippen LogP contribution in [0.3, 0.4) is 0 Å². The van der Waals surface area contributed by atoms with Crippen molar-refractivity contribution in [3.05, 3.63) is 66.5 Å². The molecule has 24 heavy (non-hydrogen) atoms. The first kappa shape index (κ1) is 16.7. The molecule has 0 aliphatic rings. The second-order valence-corrected chi connectivity index (χ2v) is 4.52. The van der Waals surface area contributed by atoms with Gasteiger partial charge in [-0.2, -0.15) is 0 Å². The van der Waals surface area contributed by atoms with Crippen molar-refractivity contribution in [2.75, 3.05) is 6.61 Å². The van der Waals surface area contributed by atoms with Crippen molar-refractivity contribution >= 4 is 23.8 Å². The number of benzene rings is 1. The maximum absolute atomic E-state index is 11.5. The molecule has 1 heterocycles. The number of nitrogens with zero attached hydrogens (tertiary/aromatic N) is 1. The molecule has 2 aromatic rings. The van der Waals surface area contributed by atoms with E-state index in [1.165, 1.54) is 24.3 Å². The first-order valence-corrected chi connectivity index (χ1v) is 6.50. The number of ether oxygens (including phenoxy) is 1. The Morgan fingerprint density at radius 1 is 1.29 bits per heavy atom. The van der Waals surface area contributed by atoms with E-state index in [1.54, 1.807) is 17.1 Å². The highest BCUT2D eigenvalue weighted by Crippen LogP contribution is 2.17. The van der Waals surface area contributed by atoms with Gasteiger partial charge in [0.2, 0.25) is 0 Å². The van der Waals surface area contributed by atoms with E-state index >= 15 is 0 Å². The lowest BCUT2D eigenvalue weighted by atomic mass is 10.2. The number of hydrogen-bond donors (Lipinski definition) is 3. The maximum atomic E-state index is 11.5. The first-order chi connectivity index (χ1) is 11.4. The van der Waals surface area contributed by atoms with Gasteiger partial charge in [-0.25, -0.2) is 9.59 Å². The van der Waals surface area contributed by atoms with E-state index in [-0.39, 0.29) is 11.4 Å². The van der Waals surface area contributed by atoms with Crippen LogP contribution in [-0.2, 0) is 4.79 Å². The average Bonchev–Trinajstić information content (AvgIpc) is 2.50. The summed E-state index contributed by atoms with van der Waals surface area (Å²) in [6.45, 7) is -0.514. The first-order valence-electron chi connectivity index (χ1n) is 6.50. The molecule has 0 aliphatic heterocycles. The number of aromatic amines is 2. The van der Waals surface area contributed by atoms with Crippen LogP contribution in [0.5, 0.6) is 5.75 Å². The third-order valence-electron chi connectivity index (χ3n) is 2.79. The molecule has 124 valence electrons. The van der Waals surface area contributed by atoms with Gasteiger partial charge in [0.25, 0.3) is 0 Å². The van der Waals surface area contributed by atoms with Crippen LogP contribution in [0, 0.1) is 10.1 Å². The standard InChI is InChI=1S/C14H11N3O7/c18-11(19)7-24-9-3-1-2-8(6-9)4-5-10-12(17(22)23)13(20)16-14(21)15-10/h1-6H,7H2,(H,18,19)(H2,15,16,20,21)/b5-4+. The highest BCUT2D eigenvalue weighted by molar-refractivity contribution is 5.72. The van der Waals surface area contributed by atoms with Gasteiger partial charge >= 0.3 is 22.9 Å². The van der Waals surface area contributed by atoms with Crippen molar-refractivity contribution in [3.63, 3.8) is 0 Å². The molecule has 1 aromatic carbocycles. The van der Waals surface area contributed by atoms with Gasteiger partial charge in [-0.15, -0.1) is 0 Å². The number of rotatable bonds is 6. The van der Waals surface area contributed by atoms with Gasteiger partial charge in [-0.05, 0) is 23.8 Å². The van der Waals surface area contributed by atoms with Gasteiger partial charge in [0, 0.05) is 0 Å². The summed E-state index contributed by atoms with van der Waals surface area (Å²) in [5.74, 6) is -0.846. The average molecular weight is 333 g/mol. The number of H-pyrrole nitrogens is 2. The lowest BCUT2D eigenvalue weighted by Crippen LogP contribution is -2.25. The van der Waals surface area contributed by atoms with Crippen molar-refractivity contribution in [1.82, 2.24) is 9.97 Å². The molecule has 0 saturated carbocycles. The molecular weight excluding hydrogens is 322 g/mol. The molecule has 0 atom stereocenters. The van der Waals surface area contributed by atoms with Crippen LogP contribution < -0.4 is 16.0 Å². The van der Waals surface area contributed by atoms with Crippen molar-refractivity contribution < 1.29 is 19.6 Å². The van der Waals surface area contributed by atoms with E-state index in [0.29, 0.717) is 5.56 Å². The zero-order valence-corrected chi connectivity index (χ0v) is 12.0. The van der Waals surface area contributed by atoms with Gasteiger partial charge in [-0.1, -0.05) is 18.2 Å². The highest BCUT2D eigenvalue weighted by atomic mass is 16.6. The summed E-state index contributed by atoms with van der Waals surface area (Å²) in [6, 6.07) is 6.25. The highest BCUT2D eigenvalue weighted by Gasteiger charge is 2.18. The SMILES string of the molecule is O=C(O)COc1cccc(/C=C/c2[nH]c(=O)[nH]c(=O)c2[N+](=O)[O-])c1. The minimum atomic E-state index is -1.13. The van der Waals surface area contributed by atoms with Crippen LogP contribution in [0.4, 0.5) is 5.69 Å². The van der Waals surface area contributed by atoms with E-state index in [1.807, 2.05) is 0 Å². The summed E-state index contributed by atoms with van der Waals surface area (Å²) in [4.78, 5) is 47.2. The van der Waals surface area contributed by atoms with Gasteiger partial charge in [0.15, 0.2) is 6.61 Å². The molecule has 0 saturated heterocycles. The van der Waals surface area contributed by atoms with Crippen molar-refractivity contribution in [3.8, 4) is 5.75 Å². The number of carboxylic acids is 1. The lowest BCUT2D eigenvalue weighted by Gasteiger charge is -2.03. The molecule has 0 aliphatic carbocycles. The Morgan fingerprint density at radius 3 is 2.71 bits per heavy atom. The van der Waals surface area contributed by atoms with E-state index in [0.717, 1.165) is 0 Å². The summed E-state index contributed by atoms with van der Waals surface area (Å²) in [5.41, 5.74) is -2.51. The normalized spacial score (nSPS) is 10.7. The fourth-order valence-electron chi connectivity index (χ4n) is 1.83. The van der Waals surface area contributed by atoms with Gasteiger partial charge in [0.05, 0.1) is 4.92 Å². The number of carbonyl (C=O) groups is 1. The lowest BCUT2D eigenvalue weighted by molar-refractivity contribution is -0.386. The van der Waals surface area contributed by atoms with Gasteiger partial charge < -0.3 is 14.8 Å². The van der Waals surface area contributed by atoms with Crippen LogP contribution in [0.2, 0.25) is 0 Å². The second-order valence-electron chi connectivity index (χ2n) is 4.52. The van der Waals surface area contributed by atoms with E-state index in [4.69, 9.17) is 9.84 Å². The van der Waals surface area contributed by atoms with Crippen LogP contribution in [0.25, 0.3) is 12.2 Å². The molecular formula is C14H11N3O7. The van der Waals surface area contributed by atoms with Crippen LogP contribution in [-0.4, -0.2) is 32.6 Å². The van der Waals surface area contributed by atoms with Gasteiger partial charge in [0.1, 0.15) is 11.4 Å². The zero-order chi connectivity index (χ0) is 17.7. The van der Waals surface area contributed by atoms with Crippen molar-refractivity contribution in [1.29, 1.82) is 0 Å². The number of nitrogens with one attached hydrogen (secondary N) is 2. The summed E-state index contributed by atoms with van der Waals surface area (Å²) in [5, 5.41) is 19.5. The number of carboxylic acid groups (broad SMARTS) is 1. The third kappa shape index (κ3) is 4.16. The quantitative estimate of drug-likeness (QED) is 0.516. The van der Waals surface area contributed by atoms with Crippen LogP contribution in [0.1, 0.15) is 11.3 Å². The summed E-state index contributed by atoms with van der Waals surface area (Å²) in [6.07, 6.45) is 2.61. The Labute approximate surface area is 133 Å². The Morgan fingerprint density at radius 2 is 2.04 bits per heavy atom. The Balaban J connectivity index is 2.33.